The molecule has 2 aromatic heterocycles. The second kappa shape index (κ2) is 6.65. The van der Waals surface area contributed by atoms with E-state index in [1.807, 2.05) is 41.8 Å². The fourth-order valence-corrected chi connectivity index (χ4v) is 3.51. The van der Waals surface area contributed by atoms with Crippen LogP contribution in [0.3, 0.4) is 0 Å². The first kappa shape index (κ1) is 16.5. The zero-order valence-corrected chi connectivity index (χ0v) is 14.7. The van der Waals surface area contributed by atoms with Crippen molar-refractivity contribution in [2.75, 3.05) is 0 Å². The maximum Gasteiger partial charge on any atom is 0.163 e. The van der Waals surface area contributed by atoms with Gasteiger partial charge in [0, 0.05) is 18.0 Å². The van der Waals surface area contributed by atoms with Gasteiger partial charge in [0.05, 0.1) is 11.3 Å². The van der Waals surface area contributed by atoms with Gasteiger partial charge in [-0.1, -0.05) is 53.5 Å². The molecule has 5 nitrogen and oxygen atoms in total. The Hall–Kier alpha value is -2.33. The van der Waals surface area contributed by atoms with Crippen LogP contribution in [0.15, 0.2) is 35.7 Å². The Balaban J connectivity index is 2.10. The predicted molar refractivity (Wildman–Crippen MR) is 95.8 cm³/mol. The number of aromatic nitrogens is 3. The number of aliphatic hydroxyl groups excluding tert-OH is 1. The van der Waals surface area contributed by atoms with E-state index in [9.17, 15) is 10.4 Å². The van der Waals surface area contributed by atoms with E-state index in [0.717, 1.165) is 11.3 Å². The van der Waals surface area contributed by atoms with Crippen LogP contribution < -0.4 is 0 Å². The van der Waals surface area contributed by atoms with Crippen LogP contribution in [0.25, 0.3) is 22.6 Å². The van der Waals surface area contributed by atoms with Crippen molar-refractivity contribution in [1.29, 1.82) is 5.26 Å². The molecule has 3 aromatic rings. The van der Waals surface area contributed by atoms with Gasteiger partial charge in [0.25, 0.3) is 0 Å². The minimum atomic E-state index is -0.338. The highest BCUT2D eigenvalue weighted by atomic mass is 35.5. The van der Waals surface area contributed by atoms with E-state index in [1.54, 1.807) is 7.05 Å². The van der Waals surface area contributed by atoms with Crippen LogP contribution in [-0.2, 0) is 7.05 Å². The standard InChI is InChI=1S/C16H10Cl2N4OS/c1-22-15(18)12(14(17)21-22)13(23)10(7-19)16-20-11(8-24-16)9-5-3-2-4-6-9/h2-6,8,23H,1H3. The van der Waals surface area contributed by atoms with Crippen molar-refractivity contribution < 1.29 is 5.11 Å². The van der Waals surface area contributed by atoms with Crippen molar-refractivity contribution in [3.8, 4) is 17.3 Å². The molecule has 2 heterocycles. The molecule has 24 heavy (non-hydrogen) atoms. The maximum atomic E-state index is 10.5. The molecule has 1 N–H and O–H groups in total. The number of thiazole rings is 1. The second-order valence-electron chi connectivity index (χ2n) is 4.82. The van der Waals surface area contributed by atoms with Gasteiger partial charge in [0.2, 0.25) is 0 Å². The zero-order valence-electron chi connectivity index (χ0n) is 12.4. The van der Waals surface area contributed by atoms with E-state index in [2.05, 4.69) is 10.1 Å². The second-order valence-corrected chi connectivity index (χ2v) is 6.39. The Morgan fingerprint density at radius 3 is 2.58 bits per heavy atom. The summed E-state index contributed by atoms with van der Waals surface area (Å²) in [7, 11) is 1.59. The smallest absolute Gasteiger partial charge is 0.163 e. The van der Waals surface area contributed by atoms with Crippen LogP contribution in [0, 0.1) is 11.3 Å². The van der Waals surface area contributed by atoms with Gasteiger partial charge >= 0.3 is 0 Å². The topological polar surface area (TPSA) is 74.7 Å². The van der Waals surface area contributed by atoms with Crippen molar-refractivity contribution in [2.24, 2.45) is 7.05 Å². The van der Waals surface area contributed by atoms with Gasteiger partial charge in [0.15, 0.2) is 5.15 Å². The SMILES string of the molecule is Cn1nc(Cl)c(C(O)=C(C#N)c2nc(-c3ccccc3)cs2)c1Cl. The molecular formula is C16H10Cl2N4OS. The van der Waals surface area contributed by atoms with Gasteiger partial charge in [-0.25, -0.2) is 4.98 Å². The lowest BCUT2D eigenvalue weighted by molar-refractivity contribution is 0.514. The first-order valence-corrected chi connectivity index (χ1v) is 8.39. The molecule has 0 aliphatic rings. The van der Waals surface area contributed by atoms with Crippen molar-refractivity contribution in [3.05, 3.63) is 56.6 Å². The van der Waals surface area contributed by atoms with Crippen molar-refractivity contribution in [2.45, 2.75) is 0 Å². The summed E-state index contributed by atoms with van der Waals surface area (Å²) in [6.45, 7) is 0. The maximum absolute atomic E-state index is 10.5. The van der Waals surface area contributed by atoms with Crippen LogP contribution in [0.1, 0.15) is 10.6 Å². The summed E-state index contributed by atoms with van der Waals surface area (Å²) in [4.78, 5) is 4.43. The number of aliphatic hydroxyl groups is 1. The minimum absolute atomic E-state index is 0.000943. The minimum Gasteiger partial charge on any atom is -0.506 e. The molecule has 1 aromatic carbocycles. The Labute approximate surface area is 152 Å². The van der Waals surface area contributed by atoms with Crippen molar-refractivity contribution in [1.82, 2.24) is 14.8 Å². The van der Waals surface area contributed by atoms with Gasteiger partial charge < -0.3 is 5.11 Å². The molecule has 0 atom stereocenters. The van der Waals surface area contributed by atoms with Crippen LogP contribution in [-0.4, -0.2) is 19.9 Å². The first-order chi connectivity index (χ1) is 11.5. The van der Waals surface area contributed by atoms with E-state index in [1.165, 1.54) is 16.0 Å². The number of allylic oxidation sites excluding steroid dienone is 1. The Morgan fingerprint density at radius 2 is 2.00 bits per heavy atom. The number of benzene rings is 1. The lowest BCUT2D eigenvalue weighted by Gasteiger charge is -2.01. The lowest BCUT2D eigenvalue weighted by Crippen LogP contribution is -1.92. The molecule has 0 spiro atoms. The molecule has 0 saturated heterocycles. The summed E-state index contributed by atoms with van der Waals surface area (Å²) in [5.74, 6) is -0.338. The number of aryl methyl sites for hydroxylation is 1. The summed E-state index contributed by atoms with van der Waals surface area (Å²) in [5, 5.41) is 26.2. The summed E-state index contributed by atoms with van der Waals surface area (Å²) in [6, 6.07) is 11.5. The van der Waals surface area contributed by atoms with E-state index in [0.29, 0.717) is 5.01 Å². The Bertz CT molecular complexity index is 970. The number of nitriles is 1. The summed E-state index contributed by atoms with van der Waals surface area (Å²) in [5.41, 5.74) is 1.77. The van der Waals surface area contributed by atoms with E-state index >= 15 is 0 Å². The molecule has 0 radical (unpaired) electrons. The summed E-state index contributed by atoms with van der Waals surface area (Å²) in [6.07, 6.45) is 0. The van der Waals surface area contributed by atoms with Gasteiger partial charge in [0.1, 0.15) is 27.6 Å². The molecule has 0 aliphatic heterocycles. The molecule has 0 bridgehead atoms. The van der Waals surface area contributed by atoms with Gasteiger partial charge in [-0.05, 0) is 0 Å². The fraction of sp³-hybridized carbons (Fsp3) is 0.0625. The summed E-state index contributed by atoms with van der Waals surface area (Å²) < 4.78 is 1.32. The first-order valence-electron chi connectivity index (χ1n) is 6.76. The molecular weight excluding hydrogens is 367 g/mol. The Kier molecular flexibility index (Phi) is 4.58. The molecule has 8 heteroatoms. The number of nitrogens with zero attached hydrogens (tertiary/aromatic N) is 4. The van der Waals surface area contributed by atoms with Crippen LogP contribution in [0.2, 0.25) is 10.3 Å². The molecule has 0 fully saturated rings. The number of halogens is 2. The average molecular weight is 377 g/mol. The van der Waals surface area contributed by atoms with Crippen LogP contribution in [0.4, 0.5) is 0 Å². The van der Waals surface area contributed by atoms with E-state index in [4.69, 9.17) is 23.2 Å². The highest BCUT2D eigenvalue weighted by Crippen LogP contribution is 2.35. The van der Waals surface area contributed by atoms with Gasteiger partial charge in [-0.2, -0.15) is 10.4 Å². The predicted octanol–water partition coefficient (Wildman–Crippen LogP) is 4.80. The highest BCUT2D eigenvalue weighted by molar-refractivity contribution is 7.11. The number of hydrogen-bond acceptors (Lipinski definition) is 5. The van der Waals surface area contributed by atoms with Crippen LogP contribution in [0.5, 0.6) is 0 Å². The van der Waals surface area contributed by atoms with E-state index in [-0.39, 0.29) is 27.2 Å². The molecule has 0 unspecified atom stereocenters. The third-order valence-corrected chi connectivity index (χ3v) is 4.87. The highest BCUT2D eigenvalue weighted by Gasteiger charge is 2.22. The fourth-order valence-electron chi connectivity index (χ4n) is 2.13. The number of hydrogen-bond donors (Lipinski definition) is 1. The largest absolute Gasteiger partial charge is 0.506 e. The lowest BCUT2D eigenvalue weighted by atomic mass is 10.1. The Morgan fingerprint density at radius 1 is 1.29 bits per heavy atom. The normalized spacial score (nSPS) is 11.9. The van der Waals surface area contributed by atoms with Gasteiger partial charge in [-0.3, -0.25) is 4.68 Å². The monoisotopic (exact) mass is 376 g/mol. The van der Waals surface area contributed by atoms with E-state index < -0.39 is 0 Å². The number of rotatable bonds is 3. The van der Waals surface area contributed by atoms with Crippen LogP contribution >= 0.6 is 34.5 Å². The molecule has 120 valence electrons. The average Bonchev–Trinajstić information content (AvgIpc) is 3.15. The zero-order chi connectivity index (χ0) is 17.3. The molecule has 0 amide bonds. The summed E-state index contributed by atoms with van der Waals surface area (Å²) >= 11 is 13.3. The molecule has 3 rings (SSSR count). The van der Waals surface area contributed by atoms with Crippen molar-refractivity contribution >= 4 is 45.9 Å². The molecule has 0 saturated carbocycles. The quantitative estimate of drug-likeness (QED) is 0.526. The third-order valence-electron chi connectivity index (χ3n) is 3.31. The van der Waals surface area contributed by atoms with Gasteiger partial charge in [-0.15, -0.1) is 11.3 Å². The third kappa shape index (κ3) is 2.89. The van der Waals surface area contributed by atoms with Crippen molar-refractivity contribution in [3.63, 3.8) is 0 Å². The molecule has 0 aliphatic carbocycles.